The Kier molecular flexibility index (Phi) is 5.33. The van der Waals surface area contributed by atoms with Crippen LogP contribution >= 0.6 is 22.9 Å². The van der Waals surface area contributed by atoms with Gasteiger partial charge in [-0.25, -0.2) is 4.39 Å². The molecule has 1 aromatic carbocycles. The van der Waals surface area contributed by atoms with Gasteiger partial charge in [0, 0.05) is 16.5 Å². The number of thiophene rings is 1. The summed E-state index contributed by atoms with van der Waals surface area (Å²) in [5, 5.41) is 14.6. The molecule has 0 bridgehead atoms. The summed E-state index contributed by atoms with van der Waals surface area (Å²) in [6.07, 6.45) is -0.232. The summed E-state index contributed by atoms with van der Waals surface area (Å²) in [7, 11) is 0. The molecule has 0 spiro atoms. The van der Waals surface area contributed by atoms with Gasteiger partial charge >= 0.3 is 0 Å². The van der Waals surface area contributed by atoms with Crippen molar-refractivity contribution >= 4 is 28.8 Å². The van der Waals surface area contributed by atoms with Crippen LogP contribution in [-0.2, 0) is 0 Å². The minimum Gasteiger partial charge on any atom is -0.387 e. The molecule has 0 saturated carbocycles. The van der Waals surface area contributed by atoms with Crippen molar-refractivity contribution in [1.29, 1.82) is 0 Å². The largest absolute Gasteiger partial charge is 0.387 e. The lowest BCUT2D eigenvalue weighted by molar-refractivity contribution is 0.0918. The van der Waals surface area contributed by atoms with Crippen LogP contribution in [0, 0.1) is 5.82 Å². The zero-order valence-electron chi connectivity index (χ0n) is 11.3. The molecule has 0 aliphatic carbocycles. The zero-order valence-corrected chi connectivity index (χ0v) is 12.9. The summed E-state index contributed by atoms with van der Waals surface area (Å²) >= 11 is 7.04. The van der Waals surface area contributed by atoms with Crippen LogP contribution in [0.1, 0.15) is 34.7 Å². The zero-order chi connectivity index (χ0) is 15.4. The highest BCUT2D eigenvalue weighted by molar-refractivity contribution is 7.10. The predicted molar refractivity (Wildman–Crippen MR) is 82.2 cm³/mol. The van der Waals surface area contributed by atoms with Crippen LogP contribution in [-0.4, -0.2) is 17.1 Å². The maximum Gasteiger partial charge on any atom is 0.251 e. The summed E-state index contributed by atoms with van der Waals surface area (Å²) in [6, 6.07) is 7.37. The highest BCUT2D eigenvalue weighted by Crippen LogP contribution is 2.23. The van der Waals surface area contributed by atoms with Gasteiger partial charge in [0.15, 0.2) is 0 Å². The number of amides is 1. The van der Waals surface area contributed by atoms with Gasteiger partial charge in [-0.1, -0.05) is 17.7 Å². The third-order valence-corrected chi connectivity index (χ3v) is 4.29. The van der Waals surface area contributed by atoms with Crippen molar-refractivity contribution in [1.82, 2.24) is 5.32 Å². The first-order chi connectivity index (χ1) is 9.97. The van der Waals surface area contributed by atoms with Gasteiger partial charge in [-0.15, -0.1) is 11.3 Å². The molecule has 0 aliphatic rings. The Morgan fingerprint density at radius 2 is 2.24 bits per heavy atom. The highest BCUT2D eigenvalue weighted by atomic mass is 35.5. The third kappa shape index (κ3) is 4.27. The number of nitrogens with one attached hydrogen (secondary N) is 1. The molecule has 6 heteroatoms. The van der Waals surface area contributed by atoms with E-state index in [4.69, 9.17) is 11.6 Å². The summed E-state index contributed by atoms with van der Waals surface area (Å²) in [5.41, 5.74) is 0.203. The van der Waals surface area contributed by atoms with Crippen LogP contribution in [0.25, 0.3) is 0 Å². The highest BCUT2D eigenvalue weighted by Gasteiger charge is 2.16. The Morgan fingerprint density at radius 3 is 2.86 bits per heavy atom. The molecular weight excluding hydrogens is 313 g/mol. The van der Waals surface area contributed by atoms with E-state index in [1.54, 1.807) is 6.92 Å². The molecule has 2 atom stereocenters. The van der Waals surface area contributed by atoms with Gasteiger partial charge in [0.1, 0.15) is 5.82 Å². The second-order valence-electron chi connectivity index (χ2n) is 4.77. The smallest absolute Gasteiger partial charge is 0.251 e. The lowest BCUT2D eigenvalue weighted by Gasteiger charge is -2.17. The average molecular weight is 328 g/mol. The average Bonchev–Trinajstić information content (AvgIpc) is 2.95. The van der Waals surface area contributed by atoms with Crippen LogP contribution in [0.5, 0.6) is 0 Å². The van der Waals surface area contributed by atoms with Gasteiger partial charge in [-0.3, -0.25) is 4.79 Å². The van der Waals surface area contributed by atoms with E-state index in [0.29, 0.717) is 6.42 Å². The van der Waals surface area contributed by atoms with Gasteiger partial charge in [-0.05, 0) is 43.0 Å². The van der Waals surface area contributed by atoms with Gasteiger partial charge in [-0.2, -0.15) is 0 Å². The maximum absolute atomic E-state index is 13.3. The quantitative estimate of drug-likeness (QED) is 0.878. The SMILES string of the molecule is CC(CC(O)c1cccs1)NC(=O)c1ccc(Cl)c(F)c1. The normalized spacial score (nSPS) is 13.7. The first kappa shape index (κ1) is 15.9. The van der Waals surface area contributed by atoms with Crippen molar-refractivity contribution in [3.8, 4) is 0 Å². The predicted octanol–water partition coefficient (Wildman–Crippen LogP) is 3.78. The third-order valence-electron chi connectivity index (χ3n) is 3.01. The Morgan fingerprint density at radius 1 is 1.48 bits per heavy atom. The minimum atomic E-state index is -0.629. The maximum atomic E-state index is 13.3. The molecule has 112 valence electrons. The molecule has 3 nitrogen and oxygen atoms in total. The van der Waals surface area contributed by atoms with Gasteiger partial charge in [0.2, 0.25) is 0 Å². The van der Waals surface area contributed by atoms with E-state index in [1.165, 1.54) is 23.5 Å². The van der Waals surface area contributed by atoms with Crippen molar-refractivity contribution in [3.63, 3.8) is 0 Å². The van der Waals surface area contributed by atoms with Crippen LogP contribution in [0.3, 0.4) is 0 Å². The molecule has 1 aromatic heterocycles. The lowest BCUT2D eigenvalue weighted by Crippen LogP contribution is -2.33. The lowest BCUT2D eigenvalue weighted by atomic mass is 10.1. The fourth-order valence-electron chi connectivity index (χ4n) is 1.94. The molecule has 2 N–H and O–H groups in total. The van der Waals surface area contributed by atoms with Gasteiger partial charge < -0.3 is 10.4 Å². The number of hydrogen-bond donors (Lipinski definition) is 2. The second-order valence-corrected chi connectivity index (χ2v) is 6.16. The number of aliphatic hydroxyl groups is 1. The van der Waals surface area contributed by atoms with Crippen molar-refractivity contribution in [3.05, 3.63) is 57.0 Å². The Bertz CT molecular complexity index is 618. The number of hydrogen-bond acceptors (Lipinski definition) is 3. The van der Waals surface area contributed by atoms with Crippen LogP contribution in [0.2, 0.25) is 5.02 Å². The van der Waals surface area contributed by atoms with Crippen molar-refractivity contribution in [2.24, 2.45) is 0 Å². The number of carbonyl (C=O) groups is 1. The van der Waals surface area contributed by atoms with E-state index in [9.17, 15) is 14.3 Å². The molecule has 0 saturated heterocycles. The van der Waals surface area contributed by atoms with Crippen molar-refractivity contribution < 1.29 is 14.3 Å². The fraction of sp³-hybridized carbons (Fsp3) is 0.267. The van der Waals surface area contributed by atoms with E-state index in [2.05, 4.69) is 5.32 Å². The molecular formula is C15H15ClFNO2S. The first-order valence-electron chi connectivity index (χ1n) is 6.44. The molecule has 1 heterocycles. The van der Waals surface area contributed by atoms with Crippen LogP contribution in [0.15, 0.2) is 35.7 Å². The number of carbonyl (C=O) groups excluding carboxylic acids is 1. The standard InChI is InChI=1S/C15H15ClFNO2S/c1-9(7-13(19)14-3-2-6-21-14)18-15(20)10-4-5-11(16)12(17)8-10/h2-6,8-9,13,19H,7H2,1H3,(H,18,20). The molecule has 0 fully saturated rings. The number of benzene rings is 1. The van der Waals surface area contributed by atoms with Gasteiger partial charge in [0.25, 0.3) is 5.91 Å². The molecule has 2 aromatic rings. The number of halogens is 2. The van der Waals surface area contributed by atoms with Crippen molar-refractivity contribution in [2.45, 2.75) is 25.5 Å². The Labute approximate surface area is 131 Å². The van der Waals surface area contributed by atoms with E-state index in [0.717, 1.165) is 10.9 Å². The molecule has 0 radical (unpaired) electrons. The van der Waals surface area contributed by atoms with Crippen LogP contribution < -0.4 is 5.32 Å². The number of aliphatic hydroxyl groups excluding tert-OH is 1. The fourth-order valence-corrected chi connectivity index (χ4v) is 2.78. The van der Waals surface area contributed by atoms with E-state index < -0.39 is 17.8 Å². The van der Waals surface area contributed by atoms with E-state index in [1.807, 2.05) is 17.5 Å². The summed E-state index contributed by atoms with van der Waals surface area (Å²) < 4.78 is 13.3. The topological polar surface area (TPSA) is 49.3 Å². The second kappa shape index (κ2) is 7.02. The van der Waals surface area contributed by atoms with Crippen molar-refractivity contribution in [2.75, 3.05) is 0 Å². The monoisotopic (exact) mass is 327 g/mol. The van der Waals surface area contributed by atoms with E-state index in [-0.39, 0.29) is 16.6 Å². The summed E-state index contributed by atoms with van der Waals surface area (Å²) in [6.45, 7) is 1.79. The summed E-state index contributed by atoms with van der Waals surface area (Å²) in [5.74, 6) is -1.02. The molecule has 2 rings (SSSR count). The minimum absolute atomic E-state index is 0.0206. The number of rotatable bonds is 5. The molecule has 1 amide bonds. The molecule has 21 heavy (non-hydrogen) atoms. The Hall–Kier alpha value is -1.43. The van der Waals surface area contributed by atoms with E-state index >= 15 is 0 Å². The van der Waals surface area contributed by atoms with Gasteiger partial charge in [0.05, 0.1) is 11.1 Å². The first-order valence-corrected chi connectivity index (χ1v) is 7.70. The van der Waals surface area contributed by atoms with Crippen LogP contribution in [0.4, 0.5) is 4.39 Å². The Balaban J connectivity index is 1.94. The molecule has 2 unspecified atom stereocenters. The summed E-state index contributed by atoms with van der Waals surface area (Å²) in [4.78, 5) is 12.8. The molecule has 0 aliphatic heterocycles.